The third-order valence-electron chi connectivity index (χ3n) is 3.37. The minimum absolute atomic E-state index is 0.214. The van der Waals surface area contributed by atoms with Gasteiger partial charge in [-0.2, -0.15) is 0 Å². The molecule has 1 unspecified atom stereocenters. The van der Waals surface area contributed by atoms with Crippen LogP contribution in [0.4, 0.5) is 4.39 Å². The molecule has 0 amide bonds. The molecule has 0 aliphatic heterocycles. The Bertz CT molecular complexity index is 530. The maximum atomic E-state index is 13.1. The SMILES string of the molecule is OC(CCC1CC1)c1cc2cc(F)ccc2s1. The summed E-state index contributed by atoms with van der Waals surface area (Å²) in [6.07, 6.45) is 4.22. The topological polar surface area (TPSA) is 20.2 Å². The lowest BCUT2D eigenvalue weighted by Gasteiger charge is -2.06. The number of fused-ring (bicyclic) bond motifs is 1. The fourth-order valence-electron chi connectivity index (χ4n) is 2.14. The largest absolute Gasteiger partial charge is 0.388 e. The molecule has 0 bridgehead atoms. The first-order chi connectivity index (χ1) is 8.22. The molecule has 3 rings (SSSR count). The van der Waals surface area contributed by atoms with Gasteiger partial charge in [0.1, 0.15) is 5.82 Å². The molecule has 0 saturated heterocycles. The predicted octanol–water partition coefficient (Wildman–Crippen LogP) is 4.26. The Morgan fingerprint density at radius 1 is 1.35 bits per heavy atom. The summed E-state index contributed by atoms with van der Waals surface area (Å²) < 4.78 is 14.1. The molecule has 1 aliphatic carbocycles. The zero-order chi connectivity index (χ0) is 11.8. The Hall–Kier alpha value is -0.930. The smallest absolute Gasteiger partial charge is 0.123 e. The van der Waals surface area contributed by atoms with Crippen LogP contribution in [0.1, 0.15) is 36.7 Å². The van der Waals surface area contributed by atoms with Crippen molar-refractivity contribution >= 4 is 21.4 Å². The molecule has 1 nitrogen and oxygen atoms in total. The summed E-state index contributed by atoms with van der Waals surface area (Å²) in [5.74, 6) is 0.630. The van der Waals surface area contributed by atoms with Crippen molar-refractivity contribution in [2.75, 3.05) is 0 Å². The molecule has 17 heavy (non-hydrogen) atoms. The number of hydrogen-bond donors (Lipinski definition) is 1. The molecule has 90 valence electrons. The number of benzene rings is 1. The van der Waals surface area contributed by atoms with E-state index in [9.17, 15) is 9.50 Å². The summed E-state index contributed by atoms with van der Waals surface area (Å²) in [5.41, 5.74) is 0. The summed E-state index contributed by atoms with van der Waals surface area (Å²) in [5, 5.41) is 11.0. The Morgan fingerprint density at radius 3 is 2.94 bits per heavy atom. The van der Waals surface area contributed by atoms with Crippen LogP contribution in [0.2, 0.25) is 0 Å². The molecule has 1 saturated carbocycles. The third-order valence-corrected chi connectivity index (χ3v) is 4.59. The van der Waals surface area contributed by atoms with E-state index in [1.165, 1.54) is 25.0 Å². The third kappa shape index (κ3) is 2.50. The van der Waals surface area contributed by atoms with Gasteiger partial charge in [0, 0.05) is 9.58 Å². The van der Waals surface area contributed by atoms with Crippen LogP contribution in [0.5, 0.6) is 0 Å². The van der Waals surface area contributed by atoms with E-state index in [0.717, 1.165) is 33.7 Å². The normalized spacial score (nSPS) is 17.5. The number of rotatable bonds is 4. The summed E-state index contributed by atoms with van der Waals surface area (Å²) in [6, 6.07) is 6.70. The Balaban J connectivity index is 1.78. The van der Waals surface area contributed by atoms with Gasteiger partial charge in [-0.3, -0.25) is 0 Å². The molecule has 1 N–H and O–H groups in total. The quantitative estimate of drug-likeness (QED) is 0.859. The number of halogens is 1. The van der Waals surface area contributed by atoms with E-state index in [4.69, 9.17) is 0 Å². The highest BCUT2D eigenvalue weighted by Crippen LogP contribution is 2.38. The first kappa shape index (κ1) is 11.2. The van der Waals surface area contributed by atoms with E-state index in [0.29, 0.717) is 0 Å². The monoisotopic (exact) mass is 250 g/mol. The van der Waals surface area contributed by atoms with Crippen molar-refractivity contribution in [1.29, 1.82) is 0 Å². The predicted molar refractivity (Wildman–Crippen MR) is 68.7 cm³/mol. The minimum atomic E-state index is -0.379. The molecular formula is C14H15FOS. The Labute approximate surface area is 104 Å². The van der Waals surface area contributed by atoms with Crippen molar-refractivity contribution < 1.29 is 9.50 Å². The molecule has 1 atom stereocenters. The molecule has 1 aliphatic rings. The van der Waals surface area contributed by atoms with Gasteiger partial charge in [-0.1, -0.05) is 12.8 Å². The first-order valence-electron chi connectivity index (χ1n) is 6.09. The molecule has 3 heteroatoms. The fraction of sp³-hybridized carbons (Fsp3) is 0.429. The van der Waals surface area contributed by atoms with Crippen molar-refractivity contribution in [3.63, 3.8) is 0 Å². The maximum absolute atomic E-state index is 13.1. The van der Waals surface area contributed by atoms with Gasteiger partial charge in [-0.05, 0) is 48.4 Å². The van der Waals surface area contributed by atoms with Gasteiger partial charge in [0.05, 0.1) is 6.10 Å². The molecule has 0 spiro atoms. The lowest BCUT2D eigenvalue weighted by molar-refractivity contribution is 0.166. The zero-order valence-corrected chi connectivity index (χ0v) is 10.3. The Morgan fingerprint density at radius 2 is 2.18 bits per heavy atom. The standard InChI is InChI=1S/C14H15FOS/c15-11-4-6-13-10(7-11)8-14(17-13)12(16)5-3-9-1-2-9/h4,6-9,12,16H,1-3,5H2. The highest BCUT2D eigenvalue weighted by Gasteiger charge is 2.22. The van der Waals surface area contributed by atoms with Crippen molar-refractivity contribution in [1.82, 2.24) is 0 Å². The number of aliphatic hydroxyl groups is 1. The summed E-state index contributed by atoms with van der Waals surface area (Å²) in [7, 11) is 0. The molecule has 1 aromatic heterocycles. The minimum Gasteiger partial charge on any atom is -0.388 e. The molecule has 1 aromatic carbocycles. The van der Waals surface area contributed by atoms with Crippen LogP contribution in [0.25, 0.3) is 10.1 Å². The summed E-state index contributed by atoms with van der Waals surface area (Å²) in [6.45, 7) is 0. The average Bonchev–Trinajstić information content (AvgIpc) is 3.04. The summed E-state index contributed by atoms with van der Waals surface area (Å²) >= 11 is 1.57. The van der Waals surface area contributed by atoms with Gasteiger partial charge in [-0.25, -0.2) is 4.39 Å². The van der Waals surface area contributed by atoms with Gasteiger partial charge in [0.2, 0.25) is 0 Å². The molecule has 1 fully saturated rings. The van der Waals surface area contributed by atoms with Gasteiger partial charge < -0.3 is 5.11 Å². The molecule has 2 aromatic rings. The second-order valence-corrected chi connectivity index (χ2v) is 5.98. The van der Waals surface area contributed by atoms with E-state index in [2.05, 4.69) is 0 Å². The second kappa shape index (κ2) is 4.39. The van der Waals surface area contributed by atoms with Crippen molar-refractivity contribution in [2.45, 2.75) is 31.8 Å². The highest BCUT2D eigenvalue weighted by atomic mass is 32.1. The van der Waals surface area contributed by atoms with E-state index in [1.807, 2.05) is 6.07 Å². The van der Waals surface area contributed by atoms with E-state index >= 15 is 0 Å². The average molecular weight is 250 g/mol. The fourth-order valence-corrected chi connectivity index (χ4v) is 3.21. The molecule has 0 radical (unpaired) electrons. The van der Waals surface area contributed by atoms with Crippen LogP contribution in [0.15, 0.2) is 24.3 Å². The lowest BCUT2D eigenvalue weighted by atomic mass is 10.1. The lowest BCUT2D eigenvalue weighted by Crippen LogP contribution is -1.94. The van der Waals surface area contributed by atoms with Crippen LogP contribution < -0.4 is 0 Å². The van der Waals surface area contributed by atoms with Gasteiger partial charge in [0.15, 0.2) is 0 Å². The van der Waals surface area contributed by atoms with Crippen molar-refractivity contribution in [3.05, 3.63) is 35.0 Å². The Kier molecular flexibility index (Phi) is 2.89. The second-order valence-electron chi connectivity index (χ2n) is 4.87. The van der Waals surface area contributed by atoms with Crippen LogP contribution in [-0.4, -0.2) is 5.11 Å². The van der Waals surface area contributed by atoms with E-state index < -0.39 is 0 Å². The van der Waals surface area contributed by atoms with Crippen molar-refractivity contribution in [2.24, 2.45) is 5.92 Å². The van der Waals surface area contributed by atoms with Gasteiger partial charge in [-0.15, -0.1) is 11.3 Å². The van der Waals surface area contributed by atoms with Crippen LogP contribution in [-0.2, 0) is 0 Å². The number of thiophene rings is 1. The number of hydrogen-bond acceptors (Lipinski definition) is 2. The van der Waals surface area contributed by atoms with E-state index in [-0.39, 0.29) is 11.9 Å². The van der Waals surface area contributed by atoms with Crippen LogP contribution in [0.3, 0.4) is 0 Å². The van der Waals surface area contributed by atoms with Gasteiger partial charge in [0.25, 0.3) is 0 Å². The highest BCUT2D eigenvalue weighted by molar-refractivity contribution is 7.19. The zero-order valence-electron chi connectivity index (χ0n) is 9.53. The van der Waals surface area contributed by atoms with Gasteiger partial charge >= 0.3 is 0 Å². The van der Waals surface area contributed by atoms with E-state index in [1.54, 1.807) is 17.4 Å². The molecular weight excluding hydrogens is 235 g/mol. The number of aliphatic hydroxyl groups excluding tert-OH is 1. The van der Waals surface area contributed by atoms with Crippen LogP contribution in [0, 0.1) is 11.7 Å². The van der Waals surface area contributed by atoms with Crippen molar-refractivity contribution in [3.8, 4) is 0 Å². The first-order valence-corrected chi connectivity index (χ1v) is 6.91. The maximum Gasteiger partial charge on any atom is 0.123 e. The molecule has 1 heterocycles. The van der Waals surface area contributed by atoms with Crippen LogP contribution >= 0.6 is 11.3 Å². The summed E-state index contributed by atoms with van der Waals surface area (Å²) in [4.78, 5) is 0.964.